The molecule has 2 aromatic carbocycles. The Hall–Kier alpha value is -2.18. The van der Waals surface area contributed by atoms with Crippen molar-refractivity contribution in [3.05, 3.63) is 63.6 Å². The van der Waals surface area contributed by atoms with Gasteiger partial charge in [0.15, 0.2) is 6.54 Å². The second-order valence-electron chi connectivity index (χ2n) is 6.08. The fraction of sp³-hybridized carbons (Fsp3) is 0.300. The molecule has 0 spiro atoms. The van der Waals surface area contributed by atoms with Crippen LogP contribution >= 0.6 is 15.9 Å². The molecule has 0 saturated carbocycles. The zero-order valence-corrected chi connectivity index (χ0v) is 16.8. The Bertz CT molecular complexity index is 775. The number of carbonyl (C=O) groups is 2. The van der Waals surface area contributed by atoms with Crippen LogP contribution in [0.15, 0.2) is 46.9 Å². The van der Waals surface area contributed by atoms with E-state index in [4.69, 9.17) is 4.74 Å². The lowest BCUT2D eigenvalue weighted by Crippen LogP contribution is -2.87. The Morgan fingerprint density at radius 2 is 1.88 bits per heavy atom. The van der Waals surface area contributed by atoms with Crippen LogP contribution in [0.25, 0.3) is 0 Å². The van der Waals surface area contributed by atoms with E-state index in [0.717, 1.165) is 16.5 Å². The maximum absolute atomic E-state index is 12.4. The number of benzene rings is 2. The number of carbonyl (C=O) groups excluding carboxylic acids is 2. The van der Waals surface area contributed by atoms with Crippen molar-refractivity contribution in [2.24, 2.45) is 0 Å². The van der Waals surface area contributed by atoms with Crippen molar-refractivity contribution in [1.82, 2.24) is 0 Å². The highest BCUT2D eigenvalue weighted by atomic mass is 79.9. The molecule has 0 fully saturated rings. The summed E-state index contributed by atoms with van der Waals surface area (Å²) >= 11 is 3.44. The quantitative estimate of drug-likeness (QED) is 0.676. The molecule has 6 heteroatoms. The van der Waals surface area contributed by atoms with Gasteiger partial charge in [-0.3, -0.25) is 4.79 Å². The lowest BCUT2D eigenvalue weighted by Gasteiger charge is -2.15. The van der Waals surface area contributed by atoms with Gasteiger partial charge in [0.05, 0.1) is 12.7 Å². The minimum absolute atomic E-state index is 0.106. The number of ether oxygens (including phenoxy) is 1. The predicted molar refractivity (Wildman–Crippen MR) is 105 cm³/mol. The van der Waals surface area contributed by atoms with Crippen molar-refractivity contribution >= 4 is 33.5 Å². The molecule has 0 bridgehead atoms. The van der Waals surface area contributed by atoms with Crippen LogP contribution in [0.4, 0.5) is 5.69 Å². The molecule has 138 valence electrons. The first kappa shape index (κ1) is 20.1. The molecule has 1 amide bonds. The maximum Gasteiger partial charge on any atom is 0.337 e. The van der Waals surface area contributed by atoms with Crippen molar-refractivity contribution in [2.75, 3.05) is 19.0 Å². The molecular weight excluding hydrogens is 396 g/mol. The van der Waals surface area contributed by atoms with Gasteiger partial charge in [-0.1, -0.05) is 41.1 Å². The van der Waals surface area contributed by atoms with E-state index < -0.39 is 5.97 Å². The number of amides is 1. The first-order valence-corrected chi connectivity index (χ1v) is 9.31. The number of aryl methyl sites for hydroxylation is 1. The van der Waals surface area contributed by atoms with E-state index in [2.05, 4.69) is 40.3 Å². The molecule has 5 nitrogen and oxygen atoms in total. The van der Waals surface area contributed by atoms with Gasteiger partial charge in [0, 0.05) is 22.1 Å². The zero-order valence-electron chi connectivity index (χ0n) is 15.2. The highest BCUT2D eigenvalue weighted by Gasteiger charge is 2.16. The third-order valence-electron chi connectivity index (χ3n) is 4.26. The molecule has 0 heterocycles. The highest BCUT2D eigenvalue weighted by molar-refractivity contribution is 9.10. The number of hydrogen-bond acceptors (Lipinski definition) is 3. The summed E-state index contributed by atoms with van der Waals surface area (Å²) in [4.78, 5) is 24.0. The molecule has 0 radical (unpaired) electrons. The predicted octanol–water partition coefficient (Wildman–Crippen LogP) is 3.20. The van der Waals surface area contributed by atoms with Crippen molar-refractivity contribution in [3.63, 3.8) is 0 Å². The summed E-state index contributed by atoms with van der Waals surface area (Å²) < 4.78 is 5.76. The standard InChI is InChI=1S/C20H23BrN2O3/c1-4-17(14-7-9-16(21)10-8-14)22-12-19(24)23-18-11-15(20(25)26-3)6-5-13(18)2/h5-11,17,22H,4,12H2,1-3H3,(H,23,24)/p+1/t17-/m1/s1. The second-order valence-corrected chi connectivity index (χ2v) is 6.99. The summed E-state index contributed by atoms with van der Waals surface area (Å²) in [5, 5.41) is 4.91. The zero-order chi connectivity index (χ0) is 19.1. The SMILES string of the molecule is CC[C@@H]([NH2+]CC(=O)Nc1cc(C(=O)OC)ccc1C)c1ccc(Br)cc1. The van der Waals surface area contributed by atoms with Gasteiger partial charge < -0.3 is 15.4 Å². The molecule has 2 rings (SSSR count). The molecule has 2 aromatic rings. The van der Waals surface area contributed by atoms with Crippen LogP contribution in [0.3, 0.4) is 0 Å². The minimum Gasteiger partial charge on any atom is -0.465 e. The van der Waals surface area contributed by atoms with Gasteiger partial charge in [-0.2, -0.15) is 0 Å². The van der Waals surface area contributed by atoms with Crippen LogP contribution in [0.1, 0.15) is 40.9 Å². The van der Waals surface area contributed by atoms with E-state index in [1.165, 1.54) is 12.7 Å². The van der Waals surface area contributed by atoms with Crippen molar-refractivity contribution in [2.45, 2.75) is 26.3 Å². The topological polar surface area (TPSA) is 72.0 Å². The monoisotopic (exact) mass is 419 g/mol. The van der Waals surface area contributed by atoms with Gasteiger partial charge in [-0.15, -0.1) is 0 Å². The largest absolute Gasteiger partial charge is 0.465 e. The Labute approximate surface area is 162 Å². The number of esters is 1. The number of methoxy groups -OCH3 is 1. The van der Waals surface area contributed by atoms with Gasteiger partial charge in [0.25, 0.3) is 5.91 Å². The van der Waals surface area contributed by atoms with Crippen molar-refractivity contribution < 1.29 is 19.6 Å². The first-order valence-electron chi connectivity index (χ1n) is 8.52. The van der Waals surface area contributed by atoms with E-state index in [-0.39, 0.29) is 11.9 Å². The number of nitrogens with one attached hydrogen (secondary N) is 1. The number of rotatable bonds is 7. The molecule has 0 aliphatic rings. The molecule has 3 N–H and O–H groups in total. The van der Waals surface area contributed by atoms with Gasteiger partial charge >= 0.3 is 5.97 Å². The molecule has 0 unspecified atom stereocenters. The molecule has 1 atom stereocenters. The highest BCUT2D eigenvalue weighted by Crippen LogP contribution is 2.18. The third kappa shape index (κ3) is 5.41. The smallest absolute Gasteiger partial charge is 0.337 e. The number of anilines is 1. The van der Waals surface area contributed by atoms with Gasteiger partial charge in [-0.25, -0.2) is 4.79 Å². The Kier molecular flexibility index (Phi) is 7.36. The number of quaternary nitrogens is 1. The molecule has 0 aromatic heterocycles. The summed E-state index contributed by atoms with van der Waals surface area (Å²) in [5.41, 5.74) is 3.12. The van der Waals surface area contributed by atoms with Crippen LogP contribution in [0.5, 0.6) is 0 Å². The molecule has 0 aliphatic carbocycles. The molecule has 0 aliphatic heterocycles. The van der Waals surface area contributed by atoms with Crippen molar-refractivity contribution in [1.29, 1.82) is 0 Å². The van der Waals surface area contributed by atoms with E-state index in [1.807, 2.05) is 24.4 Å². The van der Waals surface area contributed by atoms with Crippen molar-refractivity contribution in [3.8, 4) is 0 Å². The normalized spacial score (nSPS) is 11.7. The number of hydrogen-bond donors (Lipinski definition) is 2. The van der Waals surface area contributed by atoms with Gasteiger partial charge in [0.2, 0.25) is 0 Å². The van der Waals surface area contributed by atoms with Crippen LogP contribution < -0.4 is 10.6 Å². The Balaban J connectivity index is 1.99. The average Bonchev–Trinajstić information content (AvgIpc) is 2.64. The second kappa shape index (κ2) is 9.50. The summed E-state index contributed by atoms with van der Waals surface area (Å²) in [6, 6.07) is 13.5. The summed E-state index contributed by atoms with van der Waals surface area (Å²) in [7, 11) is 1.34. The van der Waals surface area contributed by atoms with E-state index >= 15 is 0 Å². The Morgan fingerprint density at radius 1 is 1.19 bits per heavy atom. The van der Waals surface area contributed by atoms with E-state index in [1.54, 1.807) is 18.2 Å². The lowest BCUT2D eigenvalue weighted by atomic mass is 10.0. The van der Waals surface area contributed by atoms with Crippen LogP contribution in [-0.4, -0.2) is 25.5 Å². The number of nitrogens with two attached hydrogens (primary N) is 1. The van der Waals surface area contributed by atoms with E-state index in [9.17, 15) is 9.59 Å². The fourth-order valence-electron chi connectivity index (χ4n) is 2.70. The summed E-state index contributed by atoms with van der Waals surface area (Å²) in [6.45, 7) is 4.29. The minimum atomic E-state index is -0.423. The summed E-state index contributed by atoms with van der Waals surface area (Å²) in [6.07, 6.45) is 0.922. The summed E-state index contributed by atoms with van der Waals surface area (Å²) in [5.74, 6) is -0.529. The fourth-order valence-corrected chi connectivity index (χ4v) is 2.96. The van der Waals surface area contributed by atoms with Gasteiger partial charge in [-0.05, 0) is 36.8 Å². The lowest BCUT2D eigenvalue weighted by molar-refractivity contribution is -0.686. The molecule has 0 saturated heterocycles. The first-order chi connectivity index (χ1) is 12.4. The third-order valence-corrected chi connectivity index (χ3v) is 4.79. The van der Waals surface area contributed by atoms with Crippen LogP contribution in [0.2, 0.25) is 0 Å². The van der Waals surface area contributed by atoms with E-state index in [0.29, 0.717) is 17.8 Å². The Morgan fingerprint density at radius 3 is 2.50 bits per heavy atom. The van der Waals surface area contributed by atoms with Crippen LogP contribution in [-0.2, 0) is 9.53 Å². The maximum atomic E-state index is 12.4. The molecular formula is C20H24BrN2O3+. The number of halogens is 1. The van der Waals surface area contributed by atoms with Gasteiger partial charge in [0.1, 0.15) is 6.04 Å². The van der Waals surface area contributed by atoms with Crippen LogP contribution in [0, 0.1) is 6.92 Å². The average molecular weight is 420 g/mol. The molecule has 26 heavy (non-hydrogen) atoms.